The smallest absolute Gasteiger partial charge is 0.306 e. The van der Waals surface area contributed by atoms with Gasteiger partial charge in [-0.2, -0.15) is 0 Å². The first-order chi connectivity index (χ1) is 19.9. The van der Waals surface area contributed by atoms with E-state index in [1.807, 2.05) is 54.1 Å². The maximum absolute atomic E-state index is 12.7. The summed E-state index contributed by atoms with van der Waals surface area (Å²) in [6.07, 6.45) is 2.47. The number of aryl methyl sites for hydroxylation is 2. The third kappa shape index (κ3) is 7.71. The van der Waals surface area contributed by atoms with Crippen LogP contribution in [0.3, 0.4) is 0 Å². The highest BCUT2D eigenvalue weighted by Gasteiger charge is 2.24. The van der Waals surface area contributed by atoms with Gasteiger partial charge in [0.05, 0.1) is 38.4 Å². The highest BCUT2D eigenvalue weighted by Crippen LogP contribution is 2.37. The van der Waals surface area contributed by atoms with Crippen molar-refractivity contribution in [1.29, 1.82) is 0 Å². The van der Waals surface area contributed by atoms with Crippen molar-refractivity contribution in [3.63, 3.8) is 0 Å². The van der Waals surface area contributed by atoms with E-state index in [1.165, 1.54) is 5.56 Å². The molecule has 0 aliphatic heterocycles. The minimum atomic E-state index is -0.716. The first-order valence-electron chi connectivity index (χ1n) is 14.4. The van der Waals surface area contributed by atoms with Crippen LogP contribution >= 0.6 is 0 Å². The van der Waals surface area contributed by atoms with Gasteiger partial charge in [-0.1, -0.05) is 47.7 Å². The van der Waals surface area contributed by atoms with Gasteiger partial charge in [-0.15, -0.1) is 5.10 Å². The van der Waals surface area contributed by atoms with Crippen molar-refractivity contribution in [1.82, 2.24) is 15.0 Å². The van der Waals surface area contributed by atoms with Crippen LogP contribution in [0.4, 0.5) is 0 Å². The lowest BCUT2D eigenvalue weighted by Crippen LogP contribution is -2.13. The normalized spacial score (nSPS) is 12.8. The van der Waals surface area contributed by atoms with Crippen LogP contribution < -0.4 is 4.74 Å². The highest BCUT2D eigenvalue weighted by atomic mass is 16.5. The van der Waals surface area contributed by atoms with E-state index < -0.39 is 6.10 Å². The zero-order valence-electron chi connectivity index (χ0n) is 24.5. The number of hydrogen-bond donors (Lipinski definition) is 1. The van der Waals surface area contributed by atoms with Crippen molar-refractivity contribution in [2.45, 2.75) is 71.6 Å². The monoisotopic (exact) mass is 559 g/mol. The molecule has 0 aliphatic carbocycles. The van der Waals surface area contributed by atoms with Crippen molar-refractivity contribution in [3.05, 3.63) is 88.5 Å². The number of nitrogens with zero attached hydrogens (tertiary/aromatic N) is 3. The van der Waals surface area contributed by atoms with Crippen LogP contribution in [0.1, 0.15) is 79.4 Å². The fourth-order valence-electron chi connectivity index (χ4n) is 5.22. The fourth-order valence-corrected chi connectivity index (χ4v) is 5.22. The Balaban J connectivity index is 1.47. The Morgan fingerprint density at radius 2 is 1.83 bits per heavy atom. The topological polar surface area (TPSA) is 95.7 Å². The number of benzene rings is 3. The Bertz CT molecular complexity index is 1420. The van der Waals surface area contributed by atoms with Crippen LogP contribution in [0.5, 0.6) is 5.75 Å². The summed E-state index contributed by atoms with van der Waals surface area (Å²) in [4.78, 5) is 12.7. The van der Waals surface area contributed by atoms with Gasteiger partial charge in [-0.3, -0.25) is 4.79 Å². The van der Waals surface area contributed by atoms with Gasteiger partial charge in [-0.25, -0.2) is 4.68 Å². The predicted octanol–water partition coefficient (Wildman–Crippen LogP) is 6.27. The Morgan fingerprint density at radius 3 is 2.56 bits per heavy atom. The predicted molar refractivity (Wildman–Crippen MR) is 159 cm³/mol. The second-order valence-electron chi connectivity index (χ2n) is 10.3. The maximum Gasteiger partial charge on any atom is 0.306 e. The number of unbranched alkanes of at least 4 members (excludes halogenated alkanes) is 2. The van der Waals surface area contributed by atoms with Crippen LogP contribution in [0.2, 0.25) is 0 Å². The lowest BCUT2D eigenvalue weighted by molar-refractivity contribution is -0.143. The molecule has 1 heterocycles. The van der Waals surface area contributed by atoms with Gasteiger partial charge in [0.25, 0.3) is 0 Å². The summed E-state index contributed by atoms with van der Waals surface area (Å²) >= 11 is 0. The number of ether oxygens (including phenoxy) is 3. The molecule has 0 aliphatic rings. The van der Waals surface area contributed by atoms with E-state index in [-0.39, 0.29) is 18.3 Å². The number of esters is 1. The molecular formula is C33H41N3O5. The Kier molecular flexibility index (Phi) is 10.9. The molecule has 218 valence electrons. The number of carbonyl (C=O) groups excluding carboxylic acids is 1. The van der Waals surface area contributed by atoms with Gasteiger partial charge in [0.2, 0.25) is 0 Å². The Labute approximate surface area is 242 Å². The van der Waals surface area contributed by atoms with E-state index in [1.54, 1.807) is 21.0 Å². The molecule has 0 saturated carbocycles. The second kappa shape index (κ2) is 14.8. The first-order valence-corrected chi connectivity index (χ1v) is 14.4. The molecular weight excluding hydrogens is 518 g/mol. The maximum atomic E-state index is 12.7. The van der Waals surface area contributed by atoms with Crippen molar-refractivity contribution in [2.24, 2.45) is 0 Å². The second-order valence-corrected chi connectivity index (χ2v) is 10.3. The SMILES string of the molecule is CCOC(=O)CC(c1ccc(OC)c(C(C)O)c1)c1ccc2c(nnn2CCCCCOCc2ccccc2)c1C. The van der Waals surface area contributed by atoms with Crippen LogP contribution in [0, 0.1) is 6.92 Å². The van der Waals surface area contributed by atoms with Crippen LogP contribution in [0.15, 0.2) is 60.7 Å². The number of aliphatic hydroxyl groups is 1. The third-order valence-electron chi connectivity index (χ3n) is 7.41. The summed E-state index contributed by atoms with van der Waals surface area (Å²) in [5.41, 5.74) is 6.53. The van der Waals surface area contributed by atoms with Crippen LogP contribution in [-0.4, -0.2) is 46.4 Å². The van der Waals surface area contributed by atoms with E-state index in [9.17, 15) is 9.90 Å². The Hall–Kier alpha value is -3.75. The van der Waals surface area contributed by atoms with Crippen molar-refractivity contribution >= 4 is 17.0 Å². The molecule has 3 aromatic carbocycles. The van der Waals surface area contributed by atoms with E-state index in [0.717, 1.165) is 60.1 Å². The van der Waals surface area contributed by atoms with Gasteiger partial charge < -0.3 is 19.3 Å². The number of fused-ring (bicyclic) bond motifs is 1. The molecule has 0 saturated heterocycles. The lowest BCUT2D eigenvalue weighted by Gasteiger charge is -2.22. The number of aliphatic hydroxyl groups excluding tert-OH is 1. The number of rotatable bonds is 15. The summed E-state index contributed by atoms with van der Waals surface area (Å²) in [6, 6.07) is 20.0. The lowest BCUT2D eigenvalue weighted by atomic mass is 9.84. The average Bonchev–Trinajstić information content (AvgIpc) is 3.40. The molecule has 8 heteroatoms. The number of aromatic nitrogens is 3. The molecule has 1 N–H and O–H groups in total. The number of methoxy groups -OCH3 is 1. The number of hydrogen-bond acceptors (Lipinski definition) is 7. The van der Waals surface area contributed by atoms with E-state index in [2.05, 4.69) is 28.5 Å². The average molecular weight is 560 g/mol. The third-order valence-corrected chi connectivity index (χ3v) is 7.41. The van der Waals surface area contributed by atoms with Crippen LogP contribution in [-0.2, 0) is 27.4 Å². The molecule has 4 aromatic rings. The minimum Gasteiger partial charge on any atom is -0.496 e. The molecule has 8 nitrogen and oxygen atoms in total. The van der Waals surface area contributed by atoms with E-state index >= 15 is 0 Å². The van der Waals surface area contributed by atoms with E-state index in [4.69, 9.17) is 14.2 Å². The zero-order chi connectivity index (χ0) is 29.2. The van der Waals surface area contributed by atoms with E-state index in [0.29, 0.717) is 24.5 Å². The molecule has 0 amide bonds. The van der Waals surface area contributed by atoms with Crippen LogP contribution in [0.25, 0.3) is 11.0 Å². The molecule has 0 radical (unpaired) electrons. The zero-order valence-corrected chi connectivity index (χ0v) is 24.5. The standard InChI is InChI=1S/C33H41N3O5/c1-5-41-32(38)21-29(26-14-17-31(39-4)28(20-26)24(3)37)27-15-16-30-33(23(27)2)34-35-36(30)18-10-7-11-19-40-22-25-12-8-6-9-13-25/h6,8-9,12-17,20,24,29,37H,5,7,10-11,18-19,21-22H2,1-4H3. The summed E-state index contributed by atoms with van der Waals surface area (Å²) in [6.45, 7) is 8.01. The van der Waals surface area contributed by atoms with Crippen molar-refractivity contribution < 1.29 is 24.1 Å². The largest absolute Gasteiger partial charge is 0.496 e. The summed E-state index contributed by atoms with van der Waals surface area (Å²) in [5.74, 6) is 0.0576. The van der Waals surface area contributed by atoms with Gasteiger partial charge in [-0.05, 0) is 80.5 Å². The van der Waals surface area contributed by atoms with Crippen molar-refractivity contribution in [3.8, 4) is 5.75 Å². The summed E-state index contributed by atoms with van der Waals surface area (Å²) in [5, 5.41) is 19.3. The molecule has 0 fully saturated rings. The highest BCUT2D eigenvalue weighted by molar-refractivity contribution is 5.80. The molecule has 4 rings (SSSR count). The van der Waals surface area contributed by atoms with Gasteiger partial charge in [0.15, 0.2) is 0 Å². The van der Waals surface area contributed by atoms with Gasteiger partial charge in [0.1, 0.15) is 11.3 Å². The summed E-state index contributed by atoms with van der Waals surface area (Å²) in [7, 11) is 1.58. The quantitative estimate of drug-likeness (QED) is 0.135. The molecule has 1 aromatic heterocycles. The van der Waals surface area contributed by atoms with Gasteiger partial charge in [0, 0.05) is 24.6 Å². The summed E-state index contributed by atoms with van der Waals surface area (Å²) < 4.78 is 18.5. The molecule has 2 atom stereocenters. The Morgan fingerprint density at radius 1 is 1.02 bits per heavy atom. The molecule has 41 heavy (non-hydrogen) atoms. The first kappa shape index (κ1) is 30.2. The fraction of sp³-hybridized carbons (Fsp3) is 0.424. The van der Waals surface area contributed by atoms with Gasteiger partial charge >= 0.3 is 5.97 Å². The molecule has 2 unspecified atom stereocenters. The number of carbonyl (C=O) groups is 1. The molecule has 0 bridgehead atoms. The minimum absolute atomic E-state index is 0.173. The van der Waals surface area contributed by atoms with Crippen molar-refractivity contribution in [2.75, 3.05) is 20.3 Å². The molecule has 0 spiro atoms.